The van der Waals surface area contributed by atoms with Gasteiger partial charge in [-0.15, -0.1) is 0 Å². The van der Waals surface area contributed by atoms with Gasteiger partial charge in [0.05, 0.1) is 25.3 Å². The van der Waals surface area contributed by atoms with Gasteiger partial charge in [-0.05, 0) is 31.8 Å². The molecule has 0 spiro atoms. The van der Waals surface area contributed by atoms with Gasteiger partial charge in [0, 0.05) is 10.6 Å². The van der Waals surface area contributed by atoms with E-state index in [-0.39, 0.29) is 0 Å². The molecular weight excluding hydrogens is 238 g/mol. The highest BCUT2D eigenvalue weighted by molar-refractivity contribution is 7.76. The third kappa shape index (κ3) is 2.02. The van der Waals surface area contributed by atoms with Crippen molar-refractivity contribution < 1.29 is 13.2 Å². The van der Waals surface area contributed by atoms with Crippen molar-refractivity contribution in [2.75, 3.05) is 13.2 Å². The summed E-state index contributed by atoms with van der Waals surface area (Å²) in [6, 6.07) is 0.889. The van der Waals surface area contributed by atoms with Gasteiger partial charge in [0.2, 0.25) is 0 Å². The minimum absolute atomic E-state index is 0.445. The van der Waals surface area contributed by atoms with E-state index in [9.17, 15) is 8.42 Å². The molecular formula is C12H17NO3S. The smallest absolute Gasteiger partial charge is 0.164 e. The topological polar surface area (TPSA) is 46.6 Å². The fraction of sp³-hybridized carbons (Fsp3) is 0.667. The largest absolute Gasteiger partial charge is 0.377 e. The number of allylic oxidation sites excluding steroid dienone is 3. The van der Waals surface area contributed by atoms with Gasteiger partial charge in [-0.3, -0.25) is 0 Å². The third-order valence-electron chi connectivity index (χ3n) is 3.84. The zero-order chi connectivity index (χ0) is 11.8. The predicted octanol–water partition coefficient (Wildman–Crippen LogP) is 1.02. The van der Waals surface area contributed by atoms with Crippen LogP contribution in [0.25, 0.3) is 0 Å². The van der Waals surface area contributed by atoms with Crippen molar-refractivity contribution in [1.29, 1.82) is 0 Å². The average molecular weight is 255 g/mol. The number of morpholine rings is 1. The van der Waals surface area contributed by atoms with Gasteiger partial charge in [-0.1, -0.05) is 6.08 Å². The Labute approximate surface area is 103 Å². The molecule has 3 rings (SSSR count). The minimum atomic E-state index is -2.41. The van der Waals surface area contributed by atoms with Gasteiger partial charge >= 0.3 is 0 Å². The van der Waals surface area contributed by atoms with Crippen LogP contribution in [0.3, 0.4) is 0 Å². The molecule has 2 heterocycles. The van der Waals surface area contributed by atoms with Crippen LogP contribution in [0.1, 0.15) is 25.7 Å². The molecule has 1 aliphatic carbocycles. The second-order valence-corrected chi connectivity index (χ2v) is 5.98. The van der Waals surface area contributed by atoms with Crippen molar-refractivity contribution in [3.8, 4) is 0 Å². The highest BCUT2D eigenvalue weighted by atomic mass is 32.2. The zero-order valence-corrected chi connectivity index (χ0v) is 10.6. The molecule has 2 fully saturated rings. The number of nitrogens with zero attached hydrogens (tertiary/aromatic N) is 1. The molecule has 0 amide bonds. The van der Waals surface area contributed by atoms with Crippen molar-refractivity contribution in [3.05, 3.63) is 22.8 Å². The number of thiol groups is 1. The summed E-state index contributed by atoms with van der Waals surface area (Å²) < 4.78 is 27.7. The molecule has 2 aliphatic heterocycles. The van der Waals surface area contributed by atoms with Crippen LogP contribution in [0, 0.1) is 0 Å². The molecule has 3 aliphatic rings. The molecule has 2 saturated heterocycles. The first kappa shape index (κ1) is 11.3. The number of hydrogen-bond acceptors (Lipinski definition) is 4. The maximum absolute atomic E-state index is 11.1. The molecule has 0 saturated carbocycles. The molecule has 0 aromatic rings. The average Bonchev–Trinajstić information content (AvgIpc) is 2.59. The van der Waals surface area contributed by atoms with Gasteiger partial charge < -0.3 is 9.64 Å². The van der Waals surface area contributed by atoms with Gasteiger partial charge in [0.25, 0.3) is 0 Å². The number of ether oxygens (including phenoxy) is 1. The molecule has 0 aromatic heterocycles. The Kier molecular flexibility index (Phi) is 2.96. The lowest BCUT2D eigenvalue weighted by Crippen LogP contribution is -2.44. The molecule has 4 nitrogen and oxygen atoms in total. The highest BCUT2D eigenvalue weighted by Gasteiger charge is 2.38. The summed E-state index contributed by atoms with van der Waals surface area (Å²) >= 11 is 0. The van der Waals surface area contributed by atoms with Crippen molar-refractivity contribution in [1.82, 2.24) is 4.90 Å². The van der Waals surface area contributed by atoms with Crippen LogP contribution in [-0.4, -0.2) is 38.6 Å². The predicted molar refractivity (Wildman–Crippen MR) is 65.2 cm³/mol. The molecule has 2 unspecified atom stereocenters. The van der Waals surface area contributed by atoms with Crippen LogP contribution in [-0.2, 0) is 15.4 Å². The lowest BCUT2D eigenvalue weighted by Gasteiger charge is -2.38. The van der Waals surface area contributed by atoms with E-state index in [1.54, 1.807) is 0 Å². The minimum Gasteiger partial charge on any atom is -0.377 e. The standard InChI is InChI=1S/C12H17NO3S/c14-17(15)12-3-1-2-9(6-12)13-10-4-5-11(13)8-16-7-10/h2,6,10-11,17H,1,3-5,7-8H2. The van der Waals surface area contributed by atoms with E-state index in [4.69, 9.17) is 4.74 Å². The lowest BCUT2D eigenvalue weighted by atomic mass is 10.1. The fourth-order valence-electron chi connectivity index (χ4n) is 3.04. The molecule has 0 radical (unpaired) electrons. The second-order valence-electron chi connectivity index (χ2n) is 4.89. The number of fused-ring (bicyclic) bond motifs is 2. The first-order valence-corrected chi connectivity index (χ1v) is 7.34. The van der Waals surface area contributed by atoms with E-state index in [0.29, 0.717) is 23.4 Å². The lowest BCUT2D eigenvalue weighted by molar-refractivity contribution is 0.00504. The maximum atomic E-state index is 11.1. The van der Waals surface area contributed by atoms with Crippen LogP contribution in [0.5, 0.6) is 0 Å². The maximum Gasteiger partial charge on any atom is 0.164 e. The number of hydrogen-bond donors (Lipinski definition) is 1. The van der Waals surface area contributed by atoms with E-state index in [1.807, 2.05) is 6.08 Å². The van der Waals surface area contributed by atoms with E-state index in [1.165, 1.54) is 0 Å². The quantitative estimate of drug-likeness (QED) is 0.748. The Morgan fingerprint density at radius 1 is 1.24 bits per heavy atom. The second kappa shape index (κ2) is 4.46. The summed E-state index contributed by atoms with van der Waals surface area (Å²) in [6.07, 6.45) is 7.83. The summed E-state index contributed by atoms with van der Waals surface area (Å²) in [7, 11) is -2.41. The molecule has 0 aromatic carbocycles. The summed E-state index contributed by atoms with van der Waals surface area (Å²) in [4.78, 5) is 2.95. The number of rotatable bonds is 2. The Morgan fingerprint density at radius 3 is 2.59 bits per heavy atom. The van der Waals surface area contributed by atoms with Crippen LogP contribution in [0.2, 0.25) is 0 Å². The Hall–Kier alpha value is -0.810. The van der Waals surface area contributed by atoms with Crippen LogP contribution in [0.4, 0.5) is 0 Å². The monoisotopic (exact) mass is 255 g/mol. The first-order chi connectivity index (χ1) is 8.25. The first-order valence-electron chi connectivity index (χ1n) is 6.17. The molecule has 94 valence electrons. The zero-order valence-electron chi connectivity index (χ0n) is 9.67. The van der Waals surface area contributed by atoms with Crippen molar-refractivity contribution in [2.24, 2.45) is 0 Å². The van der Waals surface area contributed by atoms with Gasteiger partial charge in [0.15, 0.2) is 10.7 Å². The van der Waals surface area contributed by atoms with Gasteiger partial charge in [-0.2, -0.15) is 0 Å². The van der Waals surface area contributed by atoms with Crippen molar-refractivity contribution in [3.63, 3.8) is 0 Å². The highest BCUT2D eigenvalue weighted by Crippen LogP contribution is 2.34. The summed E-state index contributed by atoms with van der Waals surface area (Å²) in [5, 5.41) is 0. The molecule has 0 N–H and O–H groups in total. The summed E-state index contributed by atoms with van der Waals surface area (Å²) in [5.41, 5.74) is 1.10. The SMILES string of the molecule is O=[SH](=O)C1=CC(N2C3CCC2COC3)=CCC1. The van der Waals surface area contributed by atoms with E-state index < -0.39 is 10.7 Å². The van der Waals surface area contributed by atoms with E-state index >= 15 is 0 Å². The van der Waals surface area contributed by atoms with E-state index in [2.05, 4.69) is 11.0 Å². The van der Waals surface area contributed by atoms with Crippen LogP contribution < -0.4 is 0 Å². The Balaban J connectivity index is 1.87. The van der Waals surface area contributed by atoms with E-state index in [0.717, 1.165) is 38.2 Å². The Bertz CT molecular complexity index is 429. The third-order valence-corrected chi connectivity index (χ3v) is 4.66. The summed E-state index contributed by atoms with van der Waals surface area (Å²) in [5.74, 6) is 0. The molecule has 2 atom stereocenters. The molecule has 17 heavy (non-hydrogen) atoms. The molecule has 2 bridgehead atoms. The normalized spacial score (nSPS) is 32.6. The van der Waals surface area contributed by atoms with Gasteiger partial charge in [0.1, 0.15) is 0 Å². The van der Waals surface area contributed by atoms with Crippen LogP contribution in [0.15, 0.2) is 22.8 Å². The Morgan fingerprint density at radius 2 is 1.94 bits per heavy atom. The van der Waals surface area contributed by atoms with Gasteiger partial charge in [-0.25, -0.2) is 8.42 Å². The van der Waals surface area contributed by atoms with Crippen molar-refractivity contribution in [2.45, 2.75) is 37.8 Å². The van der Waals surface area contributed by atoms with Crippen molar-refractivity contribution >= 4 is 10.7 Å². The summed E-state index contributed by atoms with van der Waals surface area (Å²) in [6.45, 7) is 1.56. The fourth-order valence-corrected chi connectivity index (χ4v) is 3.59. The molecule has 5 heteroatoms. The van der Waals surface area contributed by atoms with Crippen LogP contribution >= 0.6 is 0 Å².